The zero-order chi connectivity index (χ0) is 8.43. The summed E-state index contributed by atoms with van der Waals surface area (Å²) in [6.07, 6.45) is -3.31. The van der Waals surface area contributed by atoms with Crippen LogP contribution in [-0.4, -0.2) is 39.5 Å². The molecule has 5 nitrogen and oxygen atoms in total. The van der Waals surface area contributed by atoms with Gasteiger partial charge in [0, 0.05) is 0 Å². The van der Waals surface area contributed by atoms with Crippen LogP contribution in [0.15, 0.2) is 0 Å². The fourth-order valence-corrected chi connectivity index (χ4v) is 1.20. The first kappa shape index (κ1) is 9.03. The lowest BCUT2D eigenvalue weighted by atomic mass is 10.2. The van der Waals surface area contributed by atoms with E-state index in [4.69, 9.17) is 15.3 Å². The summed E-state index contributed by atoms with van der Waals surface area (Å²) in [4.78, 5) is 0. The third kappa shape index (κ3) is 1.75. The normalized spacial score (nSPS) is 41.2. The molecule has 0 amide bonds. The molecular formula is C5H8O5P. The molecule has 1 aliphatic rings. The summed E-state index contributed by atoms with van der Waals surface area (Å²) in [5, 5.41) is 26.8. The third-order valence-electron chi connectivity index (χ3n) is 1.46. The van der Waals surface area contributed by atoms with Crippen LogP contribution < -0.4 is 0 Å². The van der Waals surface area contributed by atoms with E-state index in [-0.39, 0.29) is 0 Å². The van der Waals surface area contributed by atoms with E-state index < -0.39 is 32.6 Å². The SMILES string of the molecule is O=PC(O)[C@H]1O[CH][C@H](O)[C@@H]1O. The smallest absolute Gasteiger partial charge is 0.190 e. The maximum atomic E-state index is 10.1. The molecule has 0 saturated carbocycles. The molecule has 4 atom stereocenters. The Morgan fingerprint density at radius 2 is 2.18 bits per heavy atom. The van der Waals surface area contributed by atoms with Gasteiger partial charge >= 0.3 is 0 Å². The second kappa shape index (κ2) is 3.56. The maximum absolute atomic E-state index is 10.1. The standard InChI is InChI=1S/C5H8O5P/c6-2-1-10-4(3(2)7)5(8)11-9/h1-8H/t2-,3-,4-,5?/m0/s1. The van der Waals surface area contributed by atoms with Gasteiger partial charge in [0.25, 0.3) is 0 Å². The highest BCUT2D eigenvalue weighted by molar-refractivity contribution is 7.24. The van der Waals surface area contributed by atoms with Gasteiger partial charge < -0.3 is 20.1 Å². The van der Waals surface area contributed by atoms with Crippen LogP contribution in [0.2, 0.25) is 0 Å². The van der Waals surface area contributed by atoms with Gasteiger partial charge in [-0.25, -0.2) is 0 Å². The number of rotatable bonds is 2. The van der Waals surface area contributed by atoms with E-state index in [1.165, 1.54) is 0 Å². The molecule has 1 radical (unpaired) electrons. The molecule has 0 bridgehead atoms. The Morgan fingerprint density at radius 1 is 1.55 bits per heavy atom. The average Bonchev–Trinajstić information content (AvgIpc) is 2.32. The van der Waals surface area contributed by atoms with Crippen molar-refractivity contribution in [2.75, 3.05) is 0 Å². The van der Waals surface area contributed by atoms with Crippen LogP contribution in [0, 0.1) is 6.61 Å². The van der Waals surface area contributed by atoms with Crippen molar-refractivity contribution < 1.29 is 24.6 Å². The Balaban J connectivity index is 2.54. The lowest BCUT2D eigenvalue weighted by Gasteiger charge is -2.14. The molecular weight excluding hydrogens is 171 g/mol. The van der Waals surface area contributed by atoms with Crippen molar-refractivity contribution in [3.63, 3.8) is 0 Å². The van der Waals surface area contributed by atoms with Gasteiger partial charge in [-0.05, 0) is 0 Å². The molecule has 0 spiro atoms. The summed E-state index contributed by atoms with van der Waals surface area (Å²) >= 11 is 0. The molecule has 3 N–H and O–H groups in total. The first-order chi connectivity index (χ1) is 5.16. The first-order valence-electron chi connectivity index (χ1n) is 3.02. The van der Waals surface area contributed by atoms with Crippen LogP contribution in [0.25, 0.3) is 0 Å². The van der Waals surface area contributed by atoms with Crippen molar-refractivity contribution in [1.82, 2.24) is 0 Å². The van der Waals surface area contributed by atoms with Crippen molar-refractivity contribution in [2.24, 2.45) is 0 Å². The van der Waals surface area contributed by atoms with E-state index in [0.29, 0.717) is 0 Å². The Labute approximate surface area is 64.8 Å². The van der Waals surface area contributed by atoms with Gasteiger partial charge in [0.05, 0.1) is 0 Å². The lowest BCUT2D eigenvalue weighted by molar-refractivity contribution is -0.0162. The molecule has 1 heterocycles. The highest BCUT2D eigenvalue weighted by Crippen LogP contribution is 2.24. The van der Waals surface area contributed by atoms with Crippen LogP contribution in [0.3, 0.4) is 0 Å². The largest absolute Gasteiger partial charge is 0.387 e. The Morgan fingerprint density at radius 3 is 2.55 bits per heavy atom. The highest BCUT2D eigenvalue weighted by atomic mass is 31.1. The summed E-state index contributed by atoms with van der Waals surface area (Å²) in [5.74, 6) is -1.29. The molecule has 1 aliphatic heterocycles. The number of hydrogen-bond donors (Lipinski definition) is 3. The van der Waals surface area contributed by atoms with Crippen molar-refractivity contribution >= 4 is 8.46 Å². The zero-order valence-corrected chi connectivity index (χ0v) is 6.39. The predicted octanol–water partition coefficient (Wildman–Crippen LogP) is -1.12. The quantitative estimate of drug-likeness (QED) is 0.467. The van der Waals surface area contributed by atoms with E-state index >= 15 is 0 Å². The molecule has 0 aliphatic carbocycles. The average molecular weight is 179 g/mol. The molecule has 0 aromatic carbocycles. The van der Waals surface area contributed by atoms with Gasteiger partial charge in [0.1, 0.15) is 24.9 Å². The molecule has 1 rings (SSSR count). The minimum atomic E-state index is -1.29. The van der Waals surface area contributed by atoms with Crippen molar-refractivity contribution in [1.29, 1.82) is 0 Å². The van der Waals surface area contributed by atoms with Gasteiger partial charge in [-0.2, -0.15) is 0 Å². The van der Waals surface area contributed by atoms with Gasteiger partial charge in [-0.15, -0.1) is 0 Å². The van der Waals surface area contributed by atoms with Crippen LogP contribution in [0.5, 0.6) is 0 Å². The van der Waals surface area contributed by atoms with Gasteiger partial charge in [-0.3, -0.25) is 4.57 Å². The second-order valence-corrected chi connectivity index (χ2v) is 2.98. The van der Waals surface area contributed by atoms with E-state index in [9.17, 15) is 4.57 Å². The van der Waals surface area contributed by atoms with Crippen LogP contribution in [0.4, 0.5) is 0 Å². The first-order valence-corrected chi connectivity index (χ1v) is 3.90. The Bertz CT molecular complexity index is 152. The Hall–Kier alpha value is -0.0600. The predicted molar refractivity (Wildman–Crippen MR) is 34.8 cm³/mol. The van der Waals surface area contributed by atoms with E-state index in [2.05, 4.69) is 4.74 Å². The monoisotopic (exact) mass is 179 g/mol. The van der Waals surface area contributed by atoms with E-state index in [0.717, 1.165) is 6.61 Å². The minimum absolute atomic E-state index is 0.526. The number of aliphatic hydroxyl groups is 3. The molecule has 11 heavy (non-hydrogen) atoms. The fourth-order valence-electron chi connectivity index (χ4n) is 0.833. The van der Waals surface area contributed by atoms with Gasteiger partial charge in [0.2, 0.25) is 0 Å². The molecule has 6 heteroatoms. The van der Waals surface area contributed by atoms with E-state index in [1.54, 1.807) is 0 Å². The lowest BCUT2D eigenvalue weighted by Crippen LogP contribution is -2.35. The van der Waals surface area contributed by atoms with Crippen molar-refractivity contribution in [3.05, 3.63) is 6.61 Å². The summed E-state index contributed by atoms with van der Waals surface area (Å²) in [6.45, 7) is 1.00. The summed E-state index contributed by atoms with van der Waals surface area (Å²) in [7, 11) is -0.526. The highest BCUT2D eigenvalue weighted by Gasteiger charge is 2.39. The summed E-state index contributed by atoms with van der Waals surface area (Å²) < 4.78 is 14.8. The molecule has 1 fully saturated rings. The zero-order valence-electron chi connectivity index (χ0n) is 5.49. The number of aliphatic hydroxyl groups excluding tert-OH is 3. The summed E-state index contributed by atoms with van der Waals surface area (Å²) in [6, 6.07) is 0. The fraction of sp³-hybridized carbons (Fsp3) is 0.800. The molecule has 1 saturated heterocycles. The second-order valence-electron chi connectivity index (χ2n) is 2.24. The van der Waals surface area contributed by atoms with Crippen LogP contribution >= 0.6 is 8.46 Å². The molecule has 0 aromatic rings. The van der Waals surface area contributed by atoms with Gasteiger partial charge in [0.15, 0.2) is 14.3 Å². The Kier molecular flexibility index (Phi) is 2.92. The molecule has 63 valence electrons. The van der Waals surface area contributed by atoms with Crippen molar-refractivity contribution in [2.45, 2.75) is 24.2 Å². The maximum Gasteiger partial charge on any atom is 0.190 e. The van der Waals surface area contributed by atoms with Gasteiger partial charge in [-0.1, -0.05) is 0 Å². The number of hydrogen-bond acceptors (Lipinski definition) is 5. The minimum Gasteiger partial charge on any atom is -0.387 e. The van der Waals surface area contributed by atoms with E-state index in [1.807, 2.05) is 0 Å². The molecule has 0 aromatic heterocycles. The van der Waals surface area contributed by atoms with Crippen LogP contribution in [0.1, 0.15) is 0 Å². The van der Waals surface area contributed by atoms with Crippen LogP contribution in [-0.2, 0) is 9.30 Å². The number of ether oxygens (including phenoxy) is 1. The third-order valence-corrected chi connectivity index (χ3v) is 1.97. The van der Waals surface area contributed by atoms with Crippen molar-refractivity contribution in [3.8, 4) is 0 Å². The topological polar surface area (TPSA) is 87.0 Å². The summed E-state index contributed by atoms with van der Waals surface area (Å²) in [5.41, 5.74) is 0. The molecule has 1 unspecified atom stereocenters.